The Hall–Kier alpha value is -2.02. The molecule has 0 atom stereocenters. The van der Waals surface area contributed by atoms with Crippen molar-refractivity contribution in [1.82, 2.24) is 8.77 Å². The van der Waals surface area contributed by atoms with E-state index in [1.54, 1.807) is 26.0 Å². The summed E-state index contributed by atoms with van der Waals surface area (Å²) in [6.07, 6.45) is 1.03. The molecule has 0 saturated carbocycles. The predicted molar refractivity (Wildman–Crippen MR) is 83.9 cm³/mol. The molecule has 7 heteroatoms. The molecule has 0 bridgehead atoms. The van der Waals surface area contributed by atoms with Gasteiger partial charge in [-0.25, -0.2) is 13.1 Å². The van der Waals surface area contributed by atoms with Crippen molar-refractivity contribution >= 4 is 15.8 Å². The number of aromatic nitrogens is 2. The van der Waals surface area contributed by atoms with Crippen LogP contribution in [-0.2, 0) is 10.0 Å². The Balaban J connectivity index is 2.95. The minimum absolute atomic E-state index is 0.0505. The highest BCUT2D eigenvalue weighted by atomic mass is 32.2. The van der Waals surface area contributed by atoms with Gasteiger partial charge in [0.15, 0.2) is 0 Å². The number of anilines is 1. The topological polar surface area (TPSA) is 87.1 Å². The van der Waals surface area contributed by atoms with Gasteiger partial charge in [0.05, 0.1) is 11.8 Å². The number of hydrogen-bond donors (Lipinski definition) is 1. The molecule has 2 aromatic rings. The molecule has 6 nitrogen and oxygen atoms in total. The second-order valence-electron chi connectivity index (χ2n) is 5.32. The first-order valence-electron chi connectivity index (χ1n) is 6.55. The van der Waals surface area contributed by atoms with Gasteiger partial charge in [-0.1, -0.05) is 24.3 Å². The van der Waals surface area contributed by atoms with Gasteiger partial charge in [0.1, 0.15) is 5.82 Å². The summed E-state index contributed by atoms with van der Waals surface area (Å²) in [4.78, 5) is 12.6. The number of rotatable bonds is 3. The Kier molecular flexibility index (Phi) is 3.71. The van der Waals surface area contributed by atoms with E-state index in [1.165, 1.54) is 4.68 Å². The van der Waals surface area contributed by atoms with Crippen molar-refractivity contribution in [2.45, 2.75) is 26.8 Å². The summed E-state index contributed by atoms with van der Waals surface area (Å²) >= 11 is 0. The van der Waals surface area contributed by atoms with Gasteiger partial charge in [0.2, 0.25) is 0 Å². The predicted octanol–water partition coefficient (Wildman–Crippen LogP) is 1.60. The zero-order valence-electron chi connectivity index (χ0n) is 12.5. The van der Waals surface area contributed by atoms with Crippen LogP contribution in [0.15, 0.2) is 29.1 Å². The van der Waals surface area contributed by atoms with Crippen molar-refractivity contribution in [2.24, 2.45) is 0 Å². The summed E-state index contributed by atoms with van der Waals surface area (Å²) in [6, 6.07) is 6.93. The number of nitrogens with two attached hydrogens (primary N) is 1. The quantitative estimate of drug-likeness (QED) is 0.933. The summed E-state index contributed by atoms with van der Waals surface area (Å²) in [7, 11) is -3.68. The molecule has 0 spiro atoms. The lowest BCUT2D eigenvalue weighted by molar-refractivity contribution is 0.477. The van der Waals surface area contributed by atoms with E-state index in [0.717, 1.165) is 15.9 Å². The smallest absolute Gasteiger partial charge is 0.277 e. The molecule has 0 aliphatic carbocycles. The highest BCUT2D eigenvalue weighted by molar-refractivity contribution is 7.89. The zero-order valence-corrected chi connectivity index (χ0v) is 13.3. The molecule has 0 saturated heterocycles. The third-order valence-electron chi connectivity index (χ3n) is 3.30. The van der Waals surface area contributed by atoms with Crippen LogP contribution in [0, 0.1) is 6.92 Å². The molecular weight excluding hydrogens is 290 g/mol. The number of aryl methyl sites for hydroxylation is 1. The van der Waals surface area contributed by atoms with Crippen LogP contribution >= 0.6 is 0 Å². The fourth-order valence-electron chi connectivity index (χ4n) is 2.41. The number of benzene rings is 1. The van der Waals surface area contributed by atoms with Gasteiger partial charge >= 0.3 is 0 Å². The third-order valence-corrected chi connectivity index (χ3v) is 4.30. The van der Waals surface area contributed by atoms with E-state index in [-0.39, 0.29) is 17.4 Å². The Morgan fingerprint density at radius 1 is 1.19 bits per heavy atom. The van der Waals surface area contributed by atoms with Gasteiger partial charge in [0.25, 0.3) is 15.6 Å². The molecule has 21 heavy (non-hydrogen) atoms. The standard InChI is InChI=1S/C14H19N3O3S/c1-9(2)16-14(18)12(11-8-6-5-7-10(11)3)13(15)17(16)21(4,19)20/h5-9H,15H2,1-4H3. The molecule has 0 aliphatic rings. The molecule has 0 amide bonds. The molecule has 1 heterocycles. The lowest BCUT2D eigenvalue weighted by Crippen LogP contribution is -2.29. The van der Waals surface area contributed by atoms with Crippen LogP contribution in [0.25, 0.3) is 11.1 Å². The van der Waals surface area contributed by atoms with Gasteiger partial charge in [-0.05, 0) is 31.9 Å². The number of nitrogens with zero attached hydrogens (tertiary/aromatic N) is 2. The monoisotopic (exact) mass is 309 g/mol. The Bertz CT molecular complexity index is 845. The van der Waals surface area contributed by atoms with Crippen LogP contribution in [-0.4, -0.2) is 23.4 Å². The van der Waals surface area contributed by atoms with Crippen LogP contribution in [0.2, 0.25) is 0 Å². The normalized spacial score (nSPS) is 12.0. The fraction of sp³-hybridized carbons (Fsp3) is 0.357. The molecule has 0 fully saturated rings. The average molecular weight is 309 g/mol. The maximum atomic E-state index is 12.6. The van der Waals surface area contributed by atoms with E-state index in [2.05, 4.69) is 0 Å². The van der Waals surface area contributed by atoms with Crippen molar-refractivity contribution in [3.05, 3.63) is 40.2 Å². The van der Waals surface area contributed by atoms with E-state index in [0.29, 0.717) is 5.56 Å². The lowest BCUT2D eigenvalue weighted by atomic mass is 10.0. The van der Waals surface area contributed by atoms with Crippen LogP contribution < -0.4 is 11.3 Å². The molecule has 0 unspecified atom stereocenters. The van der Waals surface area contributed by atoms with Crippen LogP contribution in [0.4, 0.5) is 5.82 Å². The molecule has 1 aromatic heterocycles. The molecule has 2 N–H and O–H groups in total. The first-order valence-corrected chi connectivity index (χ1v) is 8.40. The first kappa shape index (κ1) is 15.4. The Morgan fingerprint density at radius 3 is 2.19 bits per heavy atom. The van der Waals surface area contributed by atoms with Gasteiger partial charge in [-0.15, -0.1) is 0 Å². The minimum Gasteiger partial charge on any atom is -0.382 e. The van der Waals surface area contributed by atoms with Gasteiger partial charge in [0, 0.05) is 6.04 Å². The molecule has 0 aliphatic heterocycles. The number of nitrogen functional groups attached to an aromatic ring is 1. The molecule has 0 radical (unpaired) electrons. The van der Waals surface area contributed by atoms with E-state index < -0.39 is 15.6 Å². The van der Waals surface area contributed by atoms with E-state index >= 15 is 0 Å². The minimum atomic E-state index is -3.68. The first-order chi connectivity index (χ1) is 9.66. The van der Waals surface area contributed by atoms with Crippen molar-refractivity contribution in [1.29, 1.82) is 0 Å². The summed E-state index contributed by atoms with van der Waals surface area (Å²) in [5, 5.41) is 0. The molecule has 1 aromatic carbocycles. The number of hydrogen-bond acceptors (Lipinski definition) is 4. The summed E-state index contributed by atoms with van der Waals surface area (Å²) in [5.74, 6) is -0.0505. The SMILES string of the molecule is Cc1ccccc1-c1c(N)n(S(C)(=O)=O)n(C(C)C)c1=O. The summed E-state index contributed by atoms with van der Waals surface area (Å²) < 4.78 is 26.0. The highest BCUT2D eigenvalue weighted by Gasteiger charge is 2.26. The third kappa shape index (κ3) is 2.49. The average Bonchev–Trinajstić information content (AvgIpc) is 2.62. The van der Waals surface area contributed by atoms with Crippen LogP contribution in [0.1, 0.15) is 25.5 Å². The van der Waals surface area contributed by atoms with Gasteiger partial charge < -0.3 is 5.73 Å². The van der Waals surface area contributed by atoms with Crippen molar-refractivity contribution in [2.75, 3.05) is 12.0 Å². The summed E-state index contributed by atoms with van der Waals surface area (Å²) in [6.45, 7) is 5.33. The second kappa shape index (κ2) is 5.07. The zero-order chi connectivity index (χ0) is 15.9. The highest BCUT2D eigenvalue weighted by Crippen LogP contribution is 2.28. The van der Waals surface area contributed by atoms with Gasteiger partial charge in [-0.3, -0.25) is 4.79 Å². The van der Waals surface area contributed by atoms with E-state index in [9.17, 15) is 13.2 Å². The fourth-order valence-corrected chi connectivity index (χ4v) is 3.44. The maximum absolute atomic E-state index is 12.6. The largest absolute Gasteiger partial charge is 0.382 e. The van der Waals surface area contributed by atoms with E-state index in [1.807, 2.05) is 19.1 Å². The van der Waals surface area contributed by atoms with Gasteiger partial charge in [-0.2, -0.15) is 4.09 Å². The second-order valence-corrected chi connectivity index (χ2v) is 7.14. The summed E-state index contributed by atoms with van der Waals surface area (Å²) in [5.41, 5.74) is 7.33. The molecule has 2 rings (SSSR count). The molecular formula is C14H19N3O3S. The van der Waals surface area contributed by atoms with Crippen molar-refractivity contribution in [3.63, 3.8) is 0 Å². The van der Waals surface area contributed by atoms with Crippen LogP contribution in [0.3, 0.4) is 0 Å². The van der Waals surface area contributed by atoms with Crippen molar-refractivity contribution < 1.29 is 8.42 Å². The van der Waals surface area contributed by atoms with Crippen LogP contribution in [0.5, 0.6) is 0 Å². The van der Waals surface area contributed by atoms with E-state index in [4.69, 9.17) is 5.73 Å². The Morgan fingerprint density at radius 2 is 1.76 bits per heavy atom. The Labute approximate surface area is 123 Å². The molecule has 114 valence electrons. The maximum Gasteiger partial charge on any atom is 0.277 e. The van der Waals surface area contributed by atoms with Crippen molar-refractivity contribution in [3.8, 4) is 11.1 Å². The lowest BCUT2D eigenvalue weighted by Gasteiger charge is -2.13.